The van der Waals surface area contributed by atoms with E-state index >= 15 is 0 Å². The Hall–Kier alpha value is -0.890. The number of nitrogens with zero attached hydrogens (tertiary/aromatic N) is 1. The topological polar surface area (TPSA) is 24.9 Å². The maximum absolute atomic E-state index is 4.74. The Balaban J connectivity index is 1.77. The van der Waals surface area contributed by atoms with Crippen molar-refractivity contribution in [3.63, 3.8) is 0 Å². The number of aryl methyl sites for hydroxylation is 1. The Morgan fingerprint density at radius 3 is 2.67 bits per heavy atom. The largest absolute Gasteiger partial charge is 0.313 e. The number of likely N-dealkylation sites (N-methyl/N-ethyl adjacent to an activating group) is 1. The van der Waals surface area contributed by atoms with Gasteiger partial charge in [0.05, 0.1) is 0 Å². The van der Waals surface area contributed by atoms with Gasteiger partial charge >= 0.3 is 0 Å². The summed E-state index contributed by atoms with van der Waals surface area (Å²) >= 11 is 0. The van der Waals surface area contributed by atoms with Crippen LogP contribution < -0.4 is 5.32 Å². The van der Waals surface area contributed by atoms with Gasteiger partial charge in [-0.1, -0.05) is 45.1 Å². The van der Waals surface area contributed by atoms with Crippen LogP contribution in [0, 0.1) is 5.92 Å². The fourth-order valence-corrected chi connectivity index (χ4v) is 4.51. The molecule has 1 heterocycles. The highest BCUT2D eigenvalue weighted by Crippen LogP contribution is 2.39. The Morgan fingerprint density at radius 1 is 1.14 bits per heavy atom. The fourth-order valence-electron chi connectivity index (χ4n) is 4.51. The third kappa shape index (κ3) is 3.48. The normalized spacial score (nSPS) is 25.1. The van der Waals surface area contributed by atoms with Gasteiger partial charge in [-0.05, 0) is 49.8 Å². The predicted molar refractivity (Wildman–Crippen MR) is 88.6 cm³/mol. The van der Waals surface area contributed by atoms with E-state index in [1.165, 1.54) is 69.0 Å². The molecule has 1 fully saturated rings. The van der Waals surface area contributed by atoms with Crippen LogP contribution in [-0.4, -0.2) is 17.6 Å². The molecular formula is C19H30N2. The number of hydrogen-bond donors (Lipinski definition) is 1. The molecule has 0 aromatic carbocycles. The van der Waals surface area contributed by atoms with Gasteiger partial charge in [0.2, 0.25) is 0 Å². The number of fused-ring (bicyclic) bond motifs is 1. The summed E-state index contributed by atoms with van der Waals surface area (Å²) in [6.07, 6.45) is 14.5. The second-order valence-corrected chi connectivity index (χ2v) is 6.88. The van der Waals surface area contributed by atoms with E-state index in [0.717, 1.165) is 12.5 Å². The van der Waals surface area contributed by atoms with E-state index in [2.05, 4.69) is 24.4 Å². The minimum absolute atomic E-state index is 0.643. The maximum atomic E-state index is 4.74. The summed E-state index contributed by atoms with van der Waals surface area (Å²) in [7, 11) is 0. The highest BCUT2D eigenvalue weighted by Gasteiger charge is 2.34. The molecule has 0 amide bonds. The predicted octanol–water partition coefficient (Wildman–Crippen LogP) is 4.45. The molecule has 0 radical (unpaired) electrons. The van der Waals surface area contributed by atoms with Gasteiger partial charge in [0.1, 0.15) is 0 Å². The van der Waals surface area contributed by atoms with Crippen molar-refractivity contribution < 1.29 is 0 Å². The van der Waals surface area contributed by atoms with E-state index in [1.807, 2.05) is 6.20 Å². The summed E-state index contributed by atoms with van der Waals surface area (Å²) in [5, 5.41) is 3.84. The first-order valence-electron chi connectivity index (χ1n) is 9.07. The first-order valence-corrected chi connectivity index (χ1v) is 9.07. The molecule has 1 aromatic rings. The van der Waals surface area contributed by atoms with Crippen molar-refractivity contribution in [2.75, 3.05) is 6.54 Å². The average molecular weight is 286 g/mol. The summed E-state index contributed by atoms with van der Waals surface area (Å²) < 4.78 is 0. The lowest BCUT2D eigenvalue weighted by atomic mass is 9.79. The van der Waals surface area contributed by atoms with E-state index in [0.29, 0.717) is 12.0 Å². The standard InChI is InChI=1S/C19H30N2/c1-2-20-18(15-9-6-4-3-5-7-10-15)17-13-12-16-11-8-14-21-19(16)17/h8,11,14-15,17-18,20H,2-7,9-10,12-13H2,1H3. The van der Waals surface area contributed by atoms with Gasteiger partial charge in [0, 0.05) is 23.9 Å². The number of aromatic nitrogens is 1. The van der Waals surface area contributed by atoms with Crippen molar-refractivity contribution >= 4 is 0 Å². The van der Waals surface area contributed by atoms with Crippen molar-refractivity contribution in [1.82, 2.24) is 10.3 Å². The first kappa shape index (κ1) is 15.0. The molecule has 0 aliphatic heterocycles. The smallest absolute Gasteiger partial charge is 0.0482 e. The molecule has 1 N–H and O–H groups in total. The molecule has 2 heteroatoms. The van der Waals surface area contributed by atoms with Crippen molar-refractivity contribution in [3.8, 4) is 0 Å². The van der Waals surface area contributed by atoms with Crippen LogP contribution in [0.1, 0.15) is 75.5 Å². The van der Waals surface area contributed by atoms with E-state index < -0.39 is 0 Å². The third-order valence-corrected chi connectivity index (χ3v) is 5.53. The monoisotopic (exact) mass is 286 g/mol. The second kappa shape index (κ2) is 7.40. The van der Waals surface area contributed by atoms with Crippen LogP contribution in [0.15, 0.2) is 18.3 Å². The van der Waals surface area contributed by atoms with Gasteiger partial charge < -0.3 is 5.32 Å². The molecule has 1 saturated carbocycles. The molecule has 0 bridgehead atoms. The molecule has 116 valence electrons. The van der Waals surface area contributed by atoms with Crippen LogP contribution in [-0.2, 0) is 6.42 Å². The number of nitrogens with one attached hydrogen (secondary N) is 1. The average Bonchev–Trinajstić information content (AvgIpc) is 2.89. The number of rotatable bonds is 4. The maximum Gasteiger partial charge on any atom is 0.0482 e. The first-order chi connectivity index (χ1) is 10.4. The van der Waals surface area contributed by atoms with E-state index in [1.54, 1.807) is 0 Å². The van der Waals surface area contributed by atoms with Gasteiger partial charge in [0.25, 0.3) is 0 Å². The Labute approximate surface area is 129 Å². The summed E-state index contributed by atoms with van der Waals surface area (Å²) in [6.45, 7) is 3.34. The Bertz CT molecular complexity index is 435. The molecule has 2 aliphatic rings. The molecule has 2 nitrogen and oxygen atoms in total. The molecular weight excluding hydrogens is 256 g/mol. The van der Waals surface area contributed by atoms with Crippen molar-refractivity contribution in [2.45, 2.75) is 76.7 Å². The summed E-state index contributed by atoms with van der Waals surface area (Å²) in [4.78, 5) is 4.74. The van der Waals surface area contributed by atoms with Gasteiger partial charge in [-0.25, -0.2) is 0 Å². The summed E-state index contributed by atoms with van der Waals surface area (Å²) in [5.41, 5.74) is 2.89. The van der Waals surface area contributed by atoms with Crippen molar-refractivity contribution in [3.05, 3.63) is 29.6 Å². The molecule has 1 aromatic heterocycles. The van der Waals surface area contributed by atoms with Crippen LogP contribution in [0.5, 0.6) is 0 Å². The summed E-state index contributed by atoms with van der Waals surface area (Å²) in [6, 6.07) is 5.02. The Morgan fingerprint density at radius 2 is 1.90 bits per heavy atom. The summed E-state index contributed by atoms with van der Waals surface area (Å²) in [5.74, 6) is 1.49. The van der Waals surface area contributed by atoms with Gasteiger partial charge in [-0.15, -0.1) is 0 Å². The van der Waals surface area contributed by atoms with Crippen LogP contribution in [0.3, 0.4) is 0 Å². The fraction of sp³-hybridized carbons (Fsp3) is 0.737. The van der Waals surface area contributed by atoms with Crippen LogP contribution >= 0.6 is 0 Å². The molecule has 21 heavy (non-hydrogen) atoms. The van der Waals surface area contributed by atoms with Gasteiger partial charge in [0.15, 0.2) is 0 Å². The van der Waals surface area contributed by atoms with Crippen LogP contribution in [0.2, 0.25) is 0 Å². The zero-order valence-corrected chi connectivity index (χ0v) is 13.5. The number of pyridine rings is 1. The van der Waals surface area contributed by atoms with Crippen molar-refractivity contribution in [2.24, 2.45) is 5.92 Å². The lowest BCUT2D eigenvalue weighted by Crippen LogP contribution is -2.41. The quantitative estimate of drug-likeness (QED) is 0.884. The molecule has 0 spiro atoms. The Kier molecular flexibility index (Phi) is 5.29. The van der Waals surface area contributed by atoms with Gasteiger partial charge in [-0.3, -0.25) is 4.98 Å². The second-order valence-electron chi connectivity index (χ2n) is 6.88. The minimum Gasteiger partial charge on any atom is -0.313 e. The van der Waals surface area contributed by atoms with E-state index in [9.17, 15) is 0 Å². The third-order valence-electron chi connectivity index (χ3n) is 5.53. The van der Waals surface area contributed by atoms with E-state index in [-0.39, 0.29) is 0 Å². The van der Waals surface area contributed by atoms with Crippen LogP contribution in [0.25, 0.3) is 0 Å². The molecule has 2 atom stereocenters. The molecule has 3 rings (SSSR count). The zero-order chi connectivity index (χ0) is 14.5. The van der Waals surface area contributed by atoms with Crippen LogP contribution in [0.4, 0.5) is 0 Å². The van der Waals surface area contributed by atoms with E-state index in [4.69, 9.17) is 4.98 Å². The zero-order valence-electron chi connectivity index (χ0n) is 13.5. The molecule has 0 saturated heterocycles. The highest BCUT2D eigenvalue weighted by atomic mass is 14.9. The SMILES string of the molecule is CCNC(C1CCCCCCC1)C1CCc2cccnc21. The van der Waals surface area contributed by atoms with Crippen molar-refractivity contribution in [1.29, 1.82) is 0 Å². The lowest BCUT2D eigenvalue weighted by molar-refractivity contribution is 0.253. The molecule has 2 aliphatic carbocycles. The lowest BCUT2D eigenvalue weighted by Gasteiger charge is -2.34. The highest BCUT2D eigenvalue weighted by molar-refractivity contribution is 5.30. The van der Waals surface area contributed by atoms with Gasteiger partial charge in [-0.2, -0.15) is 0 Å². The minimum atomic E-state index is 0.643. The molecule has 2 unspecified atom stereocenters. The number of hydrogen-bond acceptors (Lipinski definition) is 2.